The van der Waals surface area contributed by atoms with Crippen molar-refractivity contribution in [2.45, 2.75) is 59.9 Å². The van der Waals surface area contributed by atoms with E-state index in [1.807, 2.05) is 32.0 Å². The molecule has 2 aromatic rings. The summed E-state index contributed by atoms with van der Waals surface area (Å²) in [5, 5.41) is 3.18. The predicted molar refractivity (Wildman–Crippen MR) is 114 cm³/mol. The Balaban J connectivity index is 1.98. The summed E-state index contributed by atoms with van der Waals surface area (Å²) in [7, 11) is 0. The normalized spacial score (nSPS) is 11.8. The van der Waals surface area contributed by atoms with Crippen LogP contribution in [0, 0.1) is 13.8 Å². The third-order valence-electron chi connectivity index (χ3n) is 4.93. The molecule has 0 saturated carbocycles. The topological polar surface area (TPSA) is 47.6 Å². The molecule has 0 aliphatic carbocycles. The Morgan fingerprint density at radius 1 is 0.929 bits per heavy atom. The quantitative estimate of drug-likeness (QED) is 0.605. The van der Waals surface area contributed by atoms with Gasteiger partial charge in [0.05, 0.1) is 19.3 Å². The van der Waals surface area contributed by atoms with E-state index in [0.717, 1.165) is 23.5 Å². The summed E-state index contributed by atoms with van der Waals surface area (Å²) >= 11 is 0. The van der Waals surface area contributed by atoms with Gasteiger partial charge < -0.3 is 14.8 Å². The summed E-state index contributed by atoms with van der Waals surface area (Å²) in [5.41, 5.74) is 4.76. The fraction of sp³-hybridized carbons (Fsp3) is 0.458. The van der Waals surface area contributed by atoms with Crippen LogP contribution in [0.3, 0.4) is 0 Å². The Kier molecular flexibility index (Phi) is 8.37. The van der Waals surface area contributed by atoms with Gasteiger partial charge in [-0.2, -0.15) is 0 Å². The molecular formula is C24H33NO3. The summed E-state index contributed by atoms with van der Waals surface area (Å²) in [6.45, 7) is 11.4. The van der Waals surface area contributed by atoms with Gasteiger partial charge in [0.2, 0.25) is 5.91 Å². The highest BCUT2D eigenvalue weighted by Gasteiger charge is 2.14. The Labute approximate surface area is 169 Å². The van der Waals surface area contributed by atoms with E-state index in [2.05, 4.69) is 44.3 Å². The van der Waals surface area contributed by atoms with Gasteiger partial charge in [-0.15, -0.1) is 0 Å². The van der Waals surface area contributed by atoms with Gasteiger partial charge in [0.1, 0.15) is 0 Å². The SMILES string of the molecule is CCOc1ccc(CCC(=O)N[C@H](CC)c2ccc(C)c(C)c2)cc1OCC. The van der Waals surface area contributed by atoms with Gasteiger partial charge in [0.15, 0.2) is 11.5 Å². The first-order valence-electron chi connectivity index (χ1n) is 10.2. The Morgan fingerprint density at radius 3 is 2.29 bits per heavy atom. The van der Waals surface area contributed by atoms with Gasteiger partial charge in [-0.05, 0) is 74.9 Å². The molecule has 1 N–H and O–H groups in total. The largest absolute Gasteiger partial charge is 0.490 e. The van der Waals surface area contributed by atoms with Crippen LogP contribution in [0.2, 0.25) is 0 Å². The van der Waals surface area contributed by atoms with Crippen LogP contribution in [0.25, 0.3) is 0 Å². The van der Waals surface area contributed by atoms with Crippen LogP contribution < -0.4 is 14.8 Å². The maximum absolute atomic E-state index is 12.5. The number of aryl methyl sites for hydroxylation is 3. The zero-order valence-electron chi connectivity index (χ0n) is 17.8. The number of amides is 1. The van der Waals surface area contributed by atoms with E-state index in [0.29, 0.717) is 26.1 Å². The third kappa shape index (κ3) is 6.01. The number of ether oxygens (including phenoxy) is 2. The van der Waals surface area contributed by atoms with Crippen LogP contribution in [0.5, 0.6) is 11.5 Å². The average Bonchev–Trinajstić information content (AvgIpc) is 2.68. The predicted octanol–water partition coefficient (Wildman–Crippen LogP) is 5.30. The summed E-state index contributed by atoms with van der Waals surface area (Å²) in [6, 6.07) is 12.3. The molecule has 0 saturated heterocycles. The van der Waals surface area contributed by atoms with Gasteiger partial charge in [-0.3, -0.25) is 4.79 Å². The maximum Gasteiger partial charge on any atom is 0.220 e. The molecule has 0 radical (unpaired) electrons. The maximum atomic E-state index is 12.5. The minimum Gasteiger partial charge on any atom is -0.490 e. The summed E-state index contributed by atoms with van der Waals surface area (Å²) < 4.78 is 11.3. The molecule has 2 aromatic carbocycles. The van der Waals surface area contributed by atoms with E-state index in [4.69, 9.17) is 9.47 Å². The van der Waals surface area contributed by atoms with Crippen molar-refractivity contribution in [1.82, 2.24) is 5.32 Å². The molecule has 0 bridgehead atoms. The van der Waals surface area contributed by atoms with Crippen molar-refractivity contribution in [3.05, 3.63) is 58.7 Å². The van der Waals surface area contributed by atoms with Gasteiger partial charge in [-0.25, -0.2) is 0 Å². The summed E-state index contributed by atoms with van der Waals surface area (Å²) in [6.07, 6.45) is 1.98. The highest BCUT2D eigenvalue weighted by molar-refractivity contribution is 5.76. The monoisotopic (exact) mass is 383 g/mol. The van der Waals surface area contributed by atoms with Crippen molar-refractivity contribution < 1.29 is 14.3 Å². The Bertz CT molecular complexity index is 785. The molecule has 152 valence electrons. The average molecular weight is 384 g/mol. The molecule has 0 aliphatic heterocycles. The number of carbonyl (C=O) groups is 1. The lowest BCUT2D eigenvalue weighted by atomic mass is 9.99. The molecule has 1 amide bonds. The molecule has 1 atom stereocenters. The minimum atomic E-state index is 0.0473. The van der Waals surface area contributed by atoms with Gasteiger partial charge in [-0.1, -0.05) is 31.2 Å². The Morgan fingerprint density at radius 2 is 1.64 bits per heavy atom. The first kappa shape index (κ1) is 21.8. The molecule has 4 heteroatoms. The van der Waals surface area contributed by atoms with Crippen LogP contribution >= 0.6 is 0 Å². The molecule has 0 fully saturated rings. The fourth-order valence-electron chi connectivity index (χ4n) is 3.18. The molecule has 0 spiro atoms. The van der Waals surface area contributed by atoms with Crippen LogP contribution in [0.4, 0.5) is 0 Å². The molecule has 0 heterocycles. The van der Waals surface area contributed by atoms with Gasteiger partial charge in [0, 0.05) is 6.42 Å². The molecule has 0 aliphatic rings. The number of hydrogen-bond acceptors (Lipinski definition) is 3. The molecule has 28 heavy (non-hydrogen) atoms. The zero-order chi connectivity index (χ0) is 20.5. The van der Waals surface area contributed by atoms with E-state index in [9.17, 15) is 4.79 Å². The molecule has 2 rings (SSSR count). The second-order valence-electron chi connectivity index (χ2n) is 7.02. The fourth-order valence-corrected chi connectivity index (χ4v) is 3.18. The first-order chi connectivity index (χ1) is 13.5. The molecule has 0 unspecified atom stereocenters. The molecule has 0 aromatic heterocycles. The van der Waals surface area contributed by atoms with Crippen LogP contribution in [-0.4, -0.2) is 19.1 Å². The smallest absolute Gasteiger partial charge is 0.220 e. The van der Waals surface area contributed by atoms with Gasteiger partial charge >= 0.3 is 0 Å². The lowest BCUT2D eigenvalue weighted by Gasteiger charge is -2.19. The van der Waals surface area contributed by atoms with E-state index >= 15 is 0 Å². The number of carbonyl (C=O) groups excluding carboxylic acids is 1. The molecule has 4 nitrogen and oxygen atoms in total. The van der Waals surface area contributed by atoms with Crippen LogP contribution in [0.1, 0.15) is 61.9 Å². The van der Waals surface area contributed by atoms with E-state index in [1.54, 1.807) is 0 Å². The van der Waals surface area contributed by atoms with Crippen molar-refractivity contribution in [1.29, 1.82) is 0 Å². The highest BCUT2D eigenvalue weighted by Crippen LogP contribution is 2.29. The second-order valence-corrected chi connectivity index (χ2v) is 7.02. The first-order valence-corrected chi connectivity index (χ1v) is 10.2. The standard InChI is InChI=1S/C24H33NO3/c1-6-21(20-12-9-17(4)18(5)15-20)25-24(26)14-11-19-10-13-22(27-7-2)23(16-19)28-8-3/h9-10,12-13,15-16,21H,6-8,11,14H2,1-5H3,(H,25,26)/t21-/m1/s1. The van der Waals surface area contributed by atoms with Crippen LogP contribution in [-0.2, 0) is 11.2 Å². The number of rotatable bonds is 10. The lowest BCUT2D eigenvalue weighted by molar-refractivity contribution is -0.121. The van der Waals surface area contributed by atoms with Crippen molar-refractivity contribution >= 4 is 5.91 Å². The van der Waals surface area contributed by atoms with Crippen molar-refractivity contribution in [2.24, 2.45) is 0 Å². The third-order valence-corrected chi connectivity index (χ3v) is 4.93. The van der Waals surface area contributed by atoms with E-state index in [-0.39, 0.29) is 11.9 Å². The minimum absolute atomic E-state index is 0.0473. The van der Waals surface area contributed by atoms with Crippen molar-refractivity contribution in [2.75, 3.05) is 13.2 Å². The van der Waals surface area contributed by atoms with Gasteiger partial charge in [0.25, 0.3) is 0 Å². The highest BCUT2D eigenvalue weighted by atomic mass is 16.5. The molecular weight excluding hydrogens is 350 g/mol. The van der Waals surface area contributed by atoms with E-state index in [1.165, 1.54) is 16.7 Å². The number of hydrogen-bond donors (Lipinski definition) is 1. The van der Waals surface area contributed by atoms with Crippen LogP contribution in [0.15, 0.2) is 36.4 Å². The summed E-state index contributed by atoms with van der Waals surface area (Å²) in [4.78, 5) is 12.5. The summed E-state index contributed by atoms with van der Waals surface area (Å²) in [5.74, 6) is 1.55. The van der Waals surface area contributed by atoms with E-state index < -0.39 is 0 Å². The number of benzene rings is 2. The lowest BCUT2D eigenvalue weighted by Crippen LogP contribution is -2.28. The number of nitrogens with one attached hydrogen (secondary N) is 1. The van der Waals surface area contributed by atoms with Crippen molar-refractivity contribution in [3.8, 4) is 11.5 Å². The Hall–Kier alpha value is -2.49. The van der Waals surface area contributed by atoms with Crippen molar-refractivity contribution in [3.63, 3.8) is 0 Å². The second kappa shape index (κ2) is 10.7. The zero-order valence-corrected chi connectivity index (χ0v) is 17.8.